The first-order chi connectivity index (χ1) is 10.3. The van der Waals surface area contributed by atoms with Gasteiger partial charge in [0.15, 0.2) is 5.65 Å². The third kappa shape index (κ3) is 3.05. The number of rotatable bonds is 5. The lowest BCUT2D eigenvalue weighted by atomic mass is 10.0. The van der Waals surface area contributed by atoms with Gasteiger partial charge in [-0.05, 0) is 38.3 Å². The Balaban J connectivity index is 2.34. The molecule has 0 saturated heterocycles. The number of amides is 1. The van der Waals surface area contributed by atoms with Gasteiger partial charge in [-0.25, -0.2) is 4.98 Å². The summed E-state index contributed by atoms with van der Waals surface area (Å²) in [5.41, 5.74) is 2.93. The van der Waals surface area contributed by atoms with Crippen LogP contribution in [-0.2, 0) is 18.3 Å². The fourth-order valence-electron chi connectivity index (χ4n) is 2.90. The van der Waals surface area contributed by atoms with E-state index in [9.17, 15) is 9.59 Å². The average molecular weight is 304 g/mol. The molecule has 0 aliphatic rings. The van der Waals surface area contributed by atoms with Gasteiger partial charge in [0, 0.05) is 18.8 Å². The van der Waals surface area contributed by atoms with E-state index in [1.54, 1.807) is 11.7 Å². The number of hydrogen-bond acceptors (Lipinski definition) is 3. The second-order valence-corrected chi connectivity index (χ2v) is 5.93. The maximum Gasteiger partial charge on any atom is 0.273 e. The van der Waals surface area contributed by atoms with Crippen LogP contribution in [0.25, 0.3) is 11.0 Å². The lowest BCUT2D eigenvalue weighted by Gasteiger charge is -2.14. The molecule has 2 rings (SSSR count). The standard InChI is InChI=1S/C16H24N4O2/c1-6-7-9(2)17-13(21)8-12-10(3)14-15(18-11(12)4)20(5)19-16(14)22/h9H,6-8H2,1-5H3,(H,17,21)(H,19,22). The van der Waals surface area contributed by atoms with E-state index in [4.69, 9.17) is 0 Å². The van der Waals surface area contributed by atoms with Crippen LogP contribution in [0.4, 0.5) is 0 Å². The maximum atomic E-state index is 12.2. The Bertz CT molecular complexity index is 758. The van der Waals surface area contributed by atoms with Crippen molar-refractivity contribution in [2.75, 3.05) is 0 Å². The fourth-order valence-corrected chi connectivity index (χ4v) is 2.90. The quantitative estimate of drug-likeness (QED) is 0.882. The van der Waals surface area contributed by atoms with Gasteiger partial charge in [-0.1, -0.05) is 13.3 Å². The summed E-state index contributed by atoms with van der Waals surface area (Å²) in [4.78, 5) is 28.7. The molecule has 0 aromatic carbocycles. The van der Waals surface area contributed by atoms with E-state index in [0.29, 0.717) is 11.0 Å². The number of aryl methyl sites for hydroxylation is 3. The largest absolute Gasteiger partial charge is 0.353 e. The fraction of sp³-hybridized carbons (Fsp3) is 0.562. The van der Waals surface area contributed by atoms with E-state index in [0.717, 1.165) is 29.7 Å². The smallest absolute Gasteiger partial charge is 0.273 e. The molecule has 2 aromatic heterocycles. The molecule has 0 saturated carbocycles. The van der Waals surface area contributed by atoms with Crippen molar-refractivity contribution < 1.29 is 4.79 Å². The molecule has 0 fully saturated rings. The summed E-state index contributed by atoms with van der Waals surface area (Å²) < 4.78 is 1.62. The normalized spacial score (nSPS) is 12.6. The van der Waals surface area contributed by atoms with Gasteiger partial charge in [-0.15, -0.1) is 0 Å². The number of H-pyrrole nitrogens is 1. The Morgan fingerprint density at radius 3 is 2.73 bits per heavy atom. The SMILES string of the molecule is CCCC(C)NC(=O)Cc1c(C)nc2c(c1C)c(=O)[nH]n2C. The van der Waals surface area contributed by atoms with Crippen LogP contribution in [-0.4, -0.2) is 26.7 Å². The van der Waals surface area contributed by atoms with Gasteiger partial charge >= 0.3 is 0 Å². The molecule has 120 valence electrons. The first kappa shape index (κ1) is 16.3. The molecule has 0 spiro atoms. The second-order valence-electron chi connectivity index (χ2n) is 5.93. The van der Waals surface area contributed by atoms with Crippen LogP contribution in [0.2, 0.25) is 0 Å². The third-order valence-corrected chi connectivity index (χ3v) is 4.04. The predicted octanol–water partition coefficient (Wildman–Crippen LogP) is 1.73. The Kier molecular flexibility index (Phi) is 4.68. The number of aromatic amines is 1. The molecule has 1 atom stereocenters. The van der Waals surface area contributed by atoms with Gasteiger partial charge in [-0.3, -0.25) is 19.4 Å². The molecule has 1 unspecified atom stereocenters. The van der Waals surface area contributed by atoms with Gasteiger partial charge in [0.25, 0.3) is 5.56 Å². The highest BCUT2D eigenvalue weighted by atomic mass is 16.1. The predicted molar refractivity (Wildman–Crippen MR) is 87.0 cm³/mol. The number of carbonyl (C=O) groups excluding carboxylic acids is 1. The monoisotopic (exact) mass is 304 g/mol. The molecule has 0 aliphatic carbocycles. The number of nitrogens with one attached hydrogen (secondary N) is 2. The van der Waals surface area contributed by atoms with Gasteiger partial charge < -0.3 is 5.32 Å². The molecule has 0 radical (unpaired) electrons. The molecular weight excluding hydrogens is 280 g/mol. The van der Waals surface area contributed by atoms with Gasteiger partial charge in [-0.2, -0.15) is 0 Å². The molecule has 6 heteroatoms. The highest BCUT2D eigenvalue weighted by molar-refractivity contribution is 5.84. The third-order valence-electron chi connectivity index (χ3n) is 4.04. The summed E-state index contributed by atoms with van der Waals surface area (Å²) in [6.07, 6.45) is 2.24. The van der Waals surface area contributed by atoms with Crippen LogP contribution < -0.4 is 10.9 Å². The van der Waals surface area contributed by atoms with Crippen molar-refractivity contribution in [1.82, 2.24) is 20.1 Å². The summed E-state index contributed by atoms with van der Waals surface area (Å²) in [5, 5.41) is 6.27. The van der Waals surface area contributed by atoms with Gasteiger partial charge in [0.2, 0.25) is 5.91 Å². The topological polar surface area (TPSA) is 79.8 Å². The highest BCUT2D eigenvalue weighted by Crippen LogP contribution is 2.20. The van der Waals surface area contributed by atoms with E-state index in [1.165, 1.54) is 0 Å². The summed E-state index contributed by atoms with van der Waals surface area (Å²) in [6.45, 7) is 7.85. The molecule has 22 heavy (non-hydrogen) atoms. The number of carbonyl (C=O) groups is 1. The van der Waals surface area contributed by atoms with Crippen LogP contribution in [0, 0.1) is 13.8 Å². The average Bonchev–Trinajstić information content (AvgIpc) is 2.69. The van der Waals surface area contributed by atoms with Crippen molar-refractivity contribution >= 4 is 16.9 Å². The van der Waals surface area contributed by atoms with Crippen molar-refractivity contribution in [2.24, 2.45) is 7.05 Å². The van der Waals surface area contributed by atoms with Crippen molar-refractivity contribution in [2.45, 2.75) is 53.0 Å². The number of aromatic nitrogens is 3. The van der Waals surface area contributed by atoms with Crippen LogP contribution in [0.3, 0.4) is 0 Å². The van der Waals surface area contributed by atoms with Crippen LogP contribution >= 0.6 is 0 Å². The van der Waals surface area contributed by atoms with Crippen molar-refractivity contribution in [3.05, 3.63) is 27.2 Å². The number of pyridine rings is 1. The van der Waals surface area contributed by atoms with E-state index in [1.807, 2.05) is 20.8 Å². The van der Waals surface area contributed by atoms with Crippen molar-refractivity contribution in [3.63, 3.8) is 0 Å². The first-order valence-corrected chi connectivity index (χ1v) is 7.69. The van der Waals surface area contributed by atoms with Gasteiger partial charge in [0.1, 0.15) is 0 Å². The number of nitrogens with zero attached hydrogens (tertiary/aromatic N) is 2. The molecule has 0 bridgehead atoms. The minimum absolute atomic E-state index is 0.0272. The molecule has 2 heterocycles. The molecule has 0 aliphatic heterocycles. The Morgan fingerprint density at radius 2 is 2.09 bits per heavy atom. The van der Waals surface area contributed by atoms with Crippen LogP contribution in [0.5, 0.6) is 0 Å². The second kappa shape index (κ2) is 6.34. The number of fused-ring (bicyclic) bond motifs is 1. The maximum absolute atomic E-state index is 12.2. The zero-order valence-electron chi connectivity index (χ0n) is 13.9. The molecule has 6 nitrogen and oxygen atoms in total. The van der Waals surface area contributed by atoms with Crippen LogP contribution in [0.15, 0.2) is 4.79 Å². The molecule has 2 aromatic rings. The molecule has 2 N–H and O–H groups in total. The summed E-state index contributed by atoms with van der Waals surface area (Å²) >= 11 is 0. The van der Waals surface area contributed by atoms with Gasteiger partial charge in [0.05, 0.1) is 11.8 Å². The summed E-state index contributed by atoms with van der Waals surface area (Å²) in [5.74, 6) is -0.0272. The summed E-state index contributed by atoms with van der Waals surface area (Å²) in [7, 11) is 1.76. The minimum Gasteiger partial charge on any atom is -0.353 e. The van der Waals surface area contributed by atoms with Crippen LogP contribution in [0.1, 0.15) is 43.5 Å². The van der Waals surface area contributed by atoms with E-state index in [-0.39, 0.29) is 23.9 Å². The zero-order valence-corrected chi connectivity index (χ0v) is 13.9. The highest BCUT2D eigenvalue weighted by Gasteiger charge is 2.17. The van der Waals surface area contributed by atoms with Crippen molar-refractivity contribution in [3.8, 4) is 0 Å². The molecule has 1 amide bonds. The first-order valence-electron chi connectivity index (χ1n) is 7.69. The van der Waals surface area contributed by atoms with Crippen molar-refractivity contribution in [1.29, 1.82) is 0 Å². The van der Waals surface area contributed by atoms with E-state index < -0.39 is 0 Å². The summed E-state index contributed by atoms with van der Waals surface area (Å²) in [6, 6.07) is 0.162. The Labute approximate surface area is 129 Å². The lowest BCUT2D eigenvalue weighted by Crippen LogP contribution is -2.34. The lowest BCUT2D eigenvalue weighted by molar-refractivity contribution is -0.121. The Morgan fingerprint density at radius 1 is 1.41 bits per heavy atom. The van der Waals surface area contributed by atoms with E-state index in [2.05, 4.69) is 22.3 Å². The Hall–Kier alpha value is -2.11. The zero-order chi connectivity index (χ0) is 16.4. The minimum atomic E-state index is -0.163. The molecular formula is C16H24N4O2. The number of hydrogen-bond donors (Lipinski definition) is 2. The van der Waals surface area contributed by atoms with E-state index >= 15 is 0 Å².